The molecule has 94 valence electrons. The van der Waals surface area contributed by atoms with Crippen LogP contribution < -0.4 is 11.1 Å². The molecule has 0 atom stereocenters. The molecule has 5 nitrogen and oxygen atoms in total. The molecule has 17 heavy (non-hydrogen) atoms. The minimum absolute atomic E-state index is 0.284. The van der Waals surface area contributed by atoms with E-state index in [-0.39, 0.29) is 5.69 Å². The Morgan fingerprint density at radius 2 is 2.29 bits per heavy atom. The van der Waals surface area contributed by atoms with Crippen molar-refractivity contribution in [2.75, 3.05) is 25.5 Å². The van der Waals surface area contributed by atoms with Gasteiger partial charge in [-0.3, -0.25) is 9.78 Å². The molecule has 1 heterocycles. The number of pyridine rings is 1. The van der Waals surface area contributed by atoms with E-state index in [4.69, 9.17) is 5.73 Å². The first-order chi connectivity index (χ1) is 8.00. The summed E-state index contributed by atoms with van der Waals surface area (Å²) in [5.74, 6) is -0.507. The van der Waals surface area contributed by atoms with Crippen molar-refractivity contribution in [3.05, 3.63) is 24.0 Å². The molecule has 1 amide bonds. The molecule has 0 aliphatic carbocycles. The Morgan fingerprint density at radius 1 is 1.59 bits per heavy atom. The summed E-state index contributed by atoms with van der Waals surface area (Å²) in [6, 6.07) is 4.01. The lowest BCUT2D eigenvalue weighted by molar-refractivity contribution is 0.0995. The van der Waals surface area contributed by atoms with Crippen molar-refractivity contribution in [2.24, 2.45) is 5.73 Å². The van der Waals surface area contributed by atoms with Gasteiger partial charge < -0.3 is 16.0 Å². The van der Waals surface area contributed by atoms with Gasteiger partial charge in [0.15, 0.2) is 0 Å². The van der Waals surface area contributed by atoms with Gasteiger partial charge in [-0.15, -0.1) is 0 Å². The second-order valence-electron chi connectivity index (χ2n) is 4.30. The summed E-state index contributed by atoms with van der Waals surface area (Å²) in [5.41, 5.74) is 6.31. The van der Waals surface area contributed by atoms with Crippen molar-refractivity contribution in [2.45, 2.75) is 19.9 Å². The highest BCUT2D eigenvalue weighted by Gasteiger charge is 2.04. The third-order valence-electron chi connectivity index (χ3n) is 2.69. The Kier molecular flexibility index (Phi) is 4.90. The number of carbonyl (C=O) groups excluding carboxylic acids is 1. The highest BCUT2D eigenvalue weighted by atomic mass is 16.1. The molecule has 0 bridgehead atoms. The van der Waals surface area contributed by atoms with E-state index in [1.54, 1.807) is 12.3 Å². The zero-order chi connectivity index (χ0) is 12.8. The third kappa shape index (κ3) is 4.40. The number of likely N-dealkylation sites (N-methyl/N-ethyl adjacent to an activating group) is 1. The maximum absolute atomic E-state index is 10.9. The van der Waals surface area contributed by atoms with Crippen LogP contribution in [0.1, 0.15) is 24.3 Å². The number of nitrogens with two attached hydrogens (primary N) is 1. The zero-order valence-electron chi connectivity index (χ0n) is 10.6. The Hall–Kier alpha value is -1.62. The molecule has 0 saturated carbocycles. The number of rotatable bonds is 6. The van der Waals surface area contributed by atoms with Crippen LogP contribution in [-0.2, 0) is 0 Å². The number of amides is 1. The van der Waals surface area contributed by atoms with E-state index < -0.39 is 5.91 Å². The molecule has 1 rings (SSSR count). The molecule has 0 saturated heterocycles. The van der Waals surface area contributed by atoms with Crippen LogP contribution in [0, 0.1) is 0 Å². The Morgan fingerprint density at radius 3 is 2.88 bits per heavy atom. The quantitative estimate of drug-likeness (QED) is 0.771. The number of carbonyl (C=O) groups is 1. The van der Waals surface area contributed by atoms with Crippen LogP contribution >= 0.6 is 0 Å². The van der Waals surface area contributed by atoms with Crippen LogP contribution in [0.2, 0.25) is 0 Å². The second kappa shape index (κ2) is 6.20. The molecule has 0 spiro atoms. The number of nitrogens with zero attached hydrogens (tertiary/aromatic N) is 2. The van der Waals surface area contributed by atoms with Gasteiger partial charge in [0.2, 0.25) is 0 Å². The third-order valence-corrected chi connectivity index (χ3v) is 2.69. The monoisotopic (exact) mass is 236 g/mol. The van der Waals surface area contributed by atoms with Crippen molar-refractivity contribution >= 4 is 11.6 Å². The van der Waals surface area contributed by atoms with E-state index in [1.165, 1.54) is 0 Å². The second-order valence-corrected chi connectivity index (χ2v) is 4.30. The zero-order valence-corrected chi connectivity index (χ0v) is 10.6. The van der Waals surface area contributed by atoms with E-state index >= 15 is 0 Å². The van der Waals surface area contributed by atoms with Crippen molar-refractivity contribution < 1.29 is 4.79 Å². The molecule has 1 aromatic rings. The normalized spacial score (nSPS) is 10.9. The largest absolute Gasteiger partial charge is 0.384 e. The maximum atomic E-state index is 10.9. The minimum atomic E-state index is -0.507. The predicted molar refractivity (Wildman–Crippen MR) is 69.0 cm³/mol. The van der Waals surface area contributed by atoms with Gasteiger partial charge in [0, 0.05) is 31.0 Å². The van der Waals surface area contributed by atoms with Gasteiger partial charge >= 0.3 is 0 Å². The van der Waals surface area contributed by atoms with E-state index in [0.717, 1.165) is 18.8 Å². The molecule has 0 fully saturated rings. The summed E-state index contributed by atoms with van der Waals surface area (Å²) in [6.07, 6.45) is 1.58. The van der Waals surface area contributed by atoms with Crippen LogP contribution in [-0.4, -0.2) is 42.0 Å². The van der Waals surface area contributed by atoms with Crippen molar-refractivity contribution in [1.82, 2.24) is 9.88 Å². The standard InChI is InChI=1S/C12H20N4O/c1-9(2)16(3)7-6-14-10-4-5-15-11(8-10)12(13)17/h4-5,8-9H,6-7H2,1-3H3,(H2,13,17)(H,14,15). The lowest BCUT2D eigenvalue weighted by Crippen LogP contribution is -2.31. The van der Waals surface area contributed by atoms with Crippen LogP contribution in [0.25, 0.3) is 0 Å². The fourth-order valence-corrected chi connectivity index (χ4v) is 1.31. The van der Waals surface area contributed by atoms with E-state index in [9.17, 15) is 4.79 Å². The van der Waals surface area contributed by atoms with Crippen LogP contribution in [0.15, 0.2) is 18.3 Å². The van der Waals surface area contributed by atoms with Crippen molar-refractivity contribution in [3.8, 4) is 0 Å². The summed E-state index contributed by atoms with van der Waals surface area (Å²) in [4.78, 5) is 17.1. The van der Waals surface area contributed by atoms with E-state index in [1.807, 2.05) is 6.07 Å². The predicted octanol–water partition coefficient (Wildman–Crippen LogP) is 0.933. The van der Waals surface area contributed by atoms with E-state index in [0.29, 0.717) is 6.04 Å². The number of aromatic nitrogens is 1. The molecular formula is C12H20N4O. The first kappa shape index (κ1) is 13.4. The summed E-state index contributed by atoms with van der Waals surface area (Å²) in [7, 11) is 2.08. The summed E-state index contributed by atoms with van der Waals surface area (Å²) < 4.78 is 0. The van der Waals surface area contributed by atoms with Crippen molar-refractivity contribution in [3.63, 3.8) is 0 Å². The lowest BCUT2D eigenvalue weighted by Gasteiger charge is -2.21. The summed E-state index contributed by atoms with van der Waals surface area (Å²) in [6.45, 7) is 6.05. The molecule has 0 unspecified atom stereocenters. The molecular weight excluding hydrogens is 216 g/mol. The van der Waals surface area contributed by atoms with Gasteiger partial charge in [0.05, 0.1) is 0 Å². The SMILES string of the molecule is CC(C)N(C)CCNc1ccnc(C(N)=O)c1. The van der Waals surface area contributed by atoms with Gasteiger partial charge in [-0.05, 0) is 33.0 Å². The van der Waals surface area contributed by atoms with Crippen molar-refractivity contribution in [1.29, 1.82) is 0 Å². The van der Waals surface area contributed by atoms with Crippen LogP contribution in [0.3, 0.4) is 0 Å². The molecule has 1 aromatic heterocycles. The Balaban J connectivity index is 2.47. The minimum Gasteiger partial charge on any atom is -0.384 e. The number of primary amides is 1. The molecule has 0 aliphatic heterocycles. The van der Waals surface area contributed by atoms with Crippen LogP contribution in [0.5, 0.6) is 0 Å². The summed E-state index contributed by atoms with van der Waals surface area (Å²) in [5, 5.41) is 3.24. The topological polar surface area (TPSA) is 71.2 Å². The van der Waals surface area contributed by atoms with E-state index in [2.05, 4.69) is 36.1 Å². The average molecular weight is 236 g/mol. The van der Waals surface area contributed by atoms with Gasteiger partial charge in [0.1, 0.15) is 5.69 Å². The smallest absolute Gasteiger partial charge is 0.267 e. The fourth-order valence-electron chi connectivity index (χ4n) is 1.31. The fraction of sp³-hybridized carbons (Fsp3) is 0.500. The average Bonchev–Trinajstić information content (AvgIpc) is 2.29. The number of hydrogen-bond acceptors (Lipinski definition) is 4. The van der Waals surface area contributed by atoms with Gasteiger partial charge in [-0.2, -0.15) is 0 Å². The first-order valence-corrected chi connectivity index (χ1v) is 5.70. The van der Waals surface area contributed by atoms with Gasteiger partial charge in [-0.25, -0.2) is 0 Å². The number of anilines is 1. The molecule has 0 aromatic carbocycles. The molecule has 0 aliphatic rings. The highest BCUT2D eigenvalue weighted by Crippen LogP contribution is 2.07. The van der Waals surface area contributed by atoms with Gasteiger partial charge in [0.25, 0.3) is 5.91 Å². The Labute approximate surface area is 102 Å². The van der Waals surface area contributed by atoms with Crippen LogP contribution in [0.4, 0.5) is 5.69 Å². The van der Waals surface area contributed by atoms with Gasteiger partial charge in [-0.1, -0.05) is 0 Å². The molecule has 5 heteroatoms. The summed E-state index contributed by atoms with van der Waals surface area (Å²) >= 11 is 0. The Bertz CT molecular complexity index is 379. The number of hydrogen-bond donors (Lipinski definition) is 2. The number of nitrogens with one attached hydrogen (secondary N) is 1. The maximum Gasteiger partial charge on any atom is 0.267 e. The molecule has 3 N–H and O–H groups in total. The molecule has 0 radical (unpaired) electrons. The highest BCUT2D eigenvalue weighted by molar-refractivity contribution is 5.91. The first-order valence-electron chi connectivity index (χ1n) is 5.70. The lowest BCUT2D eigenvalue weighted by atomic mass is 10.3.